The number of sulfone groups is 1. The number of amides is 2. The number of sulfonamides is 1. The minimum atomic E-state index is -3.67. The molecule has 0 spiro atoms. The second kappa shape index (κ2) is 9.15. The molecule has 4 rings (SSSR count). The Hall–Kier alpha value is -2.31. The molecular formula is C21H28N4O6S2. The van der Waals surface area contributed by atoms with Crippen molar-refractivity contribution in [2.24, 2.45) is 5.10 Å². The Morgan fingerprint density at radius 1 is 1.15 bits per heavy atom. The van der Waals surface area contributed by atoms with Crippen molar-refractivity contribution in [1.29, 1.82) is 0 Å². The van der Waals surface area contributed by atoms with Crippen LogP contribution in [0.2, 0.25) is 0 Å². The van der Waals surface area contributed by atoms with Crippen LogP contribution in [0.1, 0.15) is 44.1 Å². The average Bonchev–Trinajstić information content (AvgIpc) is 3.15. The normalized spacial score (nSPS) is 23.9. The second-order valence-corrected chi connectivity index (χ2v) is 12.9. The van der Waals surface area contributed by atoms with E-state index in [0.29, 0.717) is 30.8 Å². The van der Waals surface area contributed by atoms with Gasteiger partial charge in [0, 0.05) is 31.6 Å². The van der Waals surface area contributed by atoms with E-state index >= 15 is 0 Å². The zero-order valence-corrected chi connectivity index (χ0v) is 20.1. The molecule has 0 radical (unpaired) electrons. The summed E-state index contributed by atoms with van der Waals surface area (Å²) in [7, 11) is -6.88. The molecule has 1 aromatic carbocycles. The van der Waals surface area contributed by atoms with E-state index in [4.69, 9.17) is 0 Å². The highest BCUT2D eigenvalue weighted by molar-refractivity contribution is 7.91. The number of hydrogen-bond donors (Lipinski definition) is 1. The molecule has 0 bridgehead atoms. The number of aryl methyl sites for hydroxylation is 1. The van der Waals surface area contributed by atoms with E-state index in [1.54, 1.807) is 19.1 Å². The summed E-state index contributed by atoms with van der Waals surface area (Å²) in [6.45, 7) is 2.68. The number of hydrogen-bond acceptors (Lipinski definition) is 7. The summed E-state index contributed by atoms with van der Waals surface area (Å²) in [5, 5.41) is 7.98. The number of hydrazone groups is 1. The van der Waals surface area contributed by atoms with Gasteiger partial charge >= 0.3 is 0 Å². The third-order valence-electron chi connectivity index (χ3n) is 6.25. The van der Waals surface area contributed by atoms with Gasteiger partial charge in [0.25, 0.3) is 5.91 Å². The number of nitrogens with one attached hydrogen (secondary N) is 1. The van der Waals surface area contributed by atoms with Gasteiger partial charge in [-0.2, -0.15) is 9.41 Å². The highest BCUT2D eigenvalue weighted by atomic mass is 32.2. The maximum Gasteiger partial charge on any atom is 0.271 e. The maximum absolute atomic E-state index is 13.1. The molecular weight excluding hydrogens is 468 g/mol. The van der Waals surface area contributed by atoms with Crippen molar-refractivity contribution in [3.05, 3.63) is 23.8 Å². The molecule has 0 aromatic heterocycles. The number of rotatable bonds is 5. The third-order valence-corrected chi connectivity index (χ3v) is 10.0. The number of carbonyl (C=O) groups is 2. The maximum atomic E-state index is 13.1. The highest BCUT2D eigenvalue weighted by Gasteiger charge is 2.37. The fourth-order valence-corrected chi connectivity index (χ4v) is 7.85. The predicted molar refractivity (Wildman–Crippen MR) is 123 cm³/mol. The van der Waals surface area contributed by atoms with Crippen LogP contribution in [0.15, 0.2) is 28.2 Å². The lowest BCUT2D eigenvalue weighted by Crippen LogP contribution is -2.42. The molecule has 2 saturated heterocycles. The van der Waals surface area contributed by atoms with E-state index in [-0.39, 0.29) is 40.9 Å². The minimum absolute atomic E-state index is 0.00384. The topological polar surface area (TPSA) is 133 Å². The van der Waals surface area contributed by atoms with E-state index in [0.717, 1.165) is 24.3 Å². The van der Waals surface area contributed by atoms with E-state index in [1.165, 1.54) is 10.4 Å². The average molecular weight is 497 g/mol. The van der Waals surface area contributed by atoms with Crippen LogP contribution in [0.25, 0.3) is 0 Å². The summed E-state index contributed by atoms with van der Waals surface area (Å²) < 4.78 is 51.3. The second-order valence-electron chi connectivity index (χ2n) is 8.74. The number of benzene rings is 1. The zero-order valence-electron chi connectivity index (χ0n) is 18.5. The molecule has 2 fully saturated rings. The number of nitrogens with zero attached hydrogens (tertiary/aromatic N) is 3. The van der Waals surface area contributed by atoms with Crippen LogP contribution in [0.4, 0.5) is 5.69 Å². The molecule has 10 nitrogen and oxygen atoms in total. The first-order valence-electron chi connectivity index (χ1n) is 11.1. The summed E-state index contributed by atoms with van der Waals surface area (Å²) in [4.78, 5) is 25.3. The summed E-state index contributed by atoms with van der Waals surface area (Å²) in [6.07, 6.45) is 3.15. The fraction of sp³-hybridized carbons (Fsp3) is 0.571. The quantitative estimate of drug-likeness (QED) is 0.653. The molecule has 12 heteroatoms. The highest BCUT2D eigenvalue weighted by Crippen LogP contribution is 2.27. The van der Waals surface area contributed by atoms with Crippen molar-refractivity contribution >= 4 is 43.1 Å². The van der Waals surface area contributed by atoms with E-state index in [1.807, 2.05) is 0 Å². The standard InChI is InChI=1S/C21H28N4O6S2/c1-15-5-6-16(13-19(15)33(30,31)24-10-3-2-4-11-24)22-21(27)18-7-8-20(26)25(23-18)17-9-12-32(28,29)14-17/h5-6,13,17H,2-4,7-12,14H2,1H3,(H,22,27)/t17-/m1/s1. The Labute approximate surface area is 194 Å². The molecule has 180 valence electrons. The molecule has 3 aliphatic heterocycles. The van der Waals surface area contributed by atoms with Gasteiger partial charge in [-0.1, -0.05) is 12.5 Å². The van der Waals surface area contributed by atoms with Gasteiger partial charge in [0.05, 0.1) is 22.4 Å². The first-order chi connectivity index (χ1) is 15.6. The van der Waals surface area contributed by atoms with Crippen molar-refractivity contribution in [3.8, 4) is 0 Å². The molecule has 3 heterocycles. The van der Waals surface area contributed by atoms with Crippen LogP contribution in [0, 0.1) is 6.92 Å². The van der Waals surface area contributed by atoms with Gasteiger partial charge in [-0.25, -0.2) is 21.8 Å². The summed E-state index contributed by atoms with van der Waals surface area (Å²) in [6, 6.07) is 4.16. The lowest BCUT2D eigenvalue weighted by Gasteiger charge is -2.28. The molecule has 0 saturated carbocycles. The number of anilines is 1. The van der Waals surface area contributed by atoms with Crippen molar-refractivity contribution in [3.63, 3.8) is 0 Å². The van der Waals surface area contributed by atoms with Crippen molar-refractivity contribution in [2.45, 2.75) is 56.4 Å². The van der Waals surface area contributed by atoms with E-state index in [9.17, 15) is 26.4 Å². The number of carbonyl (C=O) groups excluding carboxylic acids is 2. The molecule has 1 atom stereocenters. The molecule has 0 aliphatic carbocycles. The van der Waals surface area contributed by atoms with Crippen LogP contribution >= 0.6 is 0 Å². The molecule has 1 aromatic rings. The Kier molecular flexibility index (Phi) is 6.61. The van der Waals surface area contributed by atoms with Crippen LogP contribution in [0.3, 0.4) is 0 Å². The Morgan fingerprint density at radius 3 is 2.55 bits per heavy atom. The monoisotopic (exact) mass is 496 g/mol. The van der Waals surface area contributed by atoms with E-state index in [2.05, 4.69) is 10.4 Å². The van der Waals surface area contributed by atoms with Gasteiger partial charge in [0.15, 0.2) is 9.84 Å². The Bertz CT molecular complexity index is 1200. The van der Waals surface area contributed by atoms with Gasteiger partial charge in [-0.15, -0.1) is 0 Å². The number of piperidine rings is 1. The first kappa shape index (κ1) is 23.8. The van der Waals surface area contributed by atoms with Crippen LogP contribution in [0.5, 0.6) is 0 Å². The van der Waals surface area contributed by atoms with Crippen LogP contribution < -0.4 is 5.32 Å². The predicted octanol–water partition coefficient (Wildman–Crippen LogP) is 1.27. The lowest BCUT2D eigenvalue weighted by atomic mass is 10.1. The molecule has 3 aliphatic rings. The van der Waals surface area contributed by atoms with Gasteiger partial charge in [0.2, 0.25) is 15.9 Å². The molecule has 1 N–H and O–H groups in total. The third kappa shape index (κ3) is 5.12. The summed E-state index contributed by atoms with van der Waals surface area (Å²) >= 11 is 0. The summed E-state index contributed by atoms with van der Waals surface area (Å²) in [5.41, 5.74) is 1.02. The molecule has 2 amide bonds. The molecule has 0 unspecified atom stereocenters. The van der Waals surface area contributed by atoms with Crippen molar-refractivity contribution < 1.29 is 26.4 Å². The van der Waals surface area contributed by atoms with E-state index < -0.39 is 31.8 Å². The van der Waals surface area contributed by atoms with Crippen LogP contribution in [-0.2, 0) is 29.4 Å². The van der Waals surface area contributed by atoms with Crippen molar-refractivity contribution in [2.75, 3.05) is 29.9 Å². The minimum Gasteiger partial charge on any atom is -0.321 e. The Morgan fingerprint density at radius 2 is 1.88 bits per heavy atom. The Balaban J connectivity index is 1.53. The van der Waals surface area contributed by atoms with Gasteiger partial charge in [-0.3, -0.25) is 9.59 Å². The summed E-state index contributed by atoms with van der Waals surface area (Å²) in [5.74, 6) is -1.01. The smallest absolute Gasteiger partial charge is 0.271 e. The van der Waals surface area contributed by atoms with Gasteiger partial charge in [-0.05, 0) is 43.9 Å². The van der Waals surface area contributed by atoms with Gasteiger partial charge in [0.1, 0.15) is 5.71 Å². The van der Waals surface area contributed by atoms with Gasteiger partial charge < -0.3 is 5.32 Å². The van der Waals surface area contributed by atoms with Crippen molar-refractivity contribution in [1.82, 2.24) is 9.31 Å². The first-order valence-corrected chi connectivity index (χ1v) is 14.3. The largest absolute Gasteiger partial charge is 0.321 e. The SMILES string of the molecule is Cc1ccc(NC(=O)C2=NN([C@@H]3CCS(=O)(=O)C3)C(=O)CC2)cc1S(=O)(=O)N1CCCCC1. The molecule has 33 heavy (non-hydrogen) atoms. The fourth-order valence-electron chi connectivity index (χ4n) is 4.39. The lowest BCUT2D eigenvalue weighted by molar-refractivity contribution is -0.133. The zero-order chi connectivity index (χ0) is 23.8. The van der Waals surface area contributed by atoms with Crippen LogP contribution in [-0.4, -0.2) is 74.3 Å².